The van der Waals surface area contributed by atoms with Gasteiger partial charge in [-0.1, -0.05) is 48.5 Å². The van der Waals surface area contributed by atoms with Gasteiger partial charge in [0.05, 0.1) is 0 Å². The van der Waals surface area contributed by atoms with E-state index >= 15 is 0 Å². The largest absolute Gasteiger partial charge is 0.481 e. The summed E-state index contributed by atoms with van der Waals surface area (Å²) in [7, 11) is 1.80. The number of rotatable bonds is 5. The molecule has 2 aromatic rings. The van der Waals surface area contributed by atoms with Gasteiger partial charge in [0.1, 0.15) is 5.75 Å². The predicted molar refractivity (Wildman–Crippen MR) is 84.2 cm³/mol. The van der Waals surface area contributed by atoms with Crippen molar-refractivity contribution < 1.29 is 9.53 Å². The lowest BCUT2D eigenvalue weighted by atomic mass is 10.2. The molecule has 110 valence electrons. The van der Waals surface area contributed by atoms with Crippen LogP contribution in [0, 0.1) is 6.92 Å². The highest BCUT2D eigenvalue weighted by molar-refractivity contribution is 5.80. The first-order chi connectivity index (χ1) is 10.1. The van der Waals surface area contributed by atoms with Crippen LogP contribution in [0.25, 0.3) is 0 Å². The van der Waals surface area contributed by atoms with Gasteiger partial charge in [-0.2, -0.15) is 0 Å². The van der Waals surface area contributed by atoms with Gasteiger partial charge in [-0.25, -0.2) is 0 Å². The summed E-state index contributed by atoms with van der Waals surface area (Å²) in [5, 5.41) is 0. The number of para-hydroxylation sites is 1. The molecular formula is C18H21NO2. The van der Waals surface area contributed by atoms with Crippen molar-refractivity contribution in [1.82, 2.24) is 4.90 Å². The van der Waals surface area contributed by atoms with Crippen molar-refractivity contribution in [2.45, 2.75) is 26.5 Å². The molecular weight excluding hydrogens is 262 g/mol. The molecule has 1 atom stereocenters. The van der Waals surface area contributed by atoms with Crippen LogP contribution in [0.1, 0.15) is 18.1 Å². The smallest absolute Gasteiger partial charge is 0.263 e. The third-order valence-electron chi connectivity index (χ3n) is 3.38. The molecule has 0 aliphatic heterocycles. The molecule has 0 heterocycles. The molecule has 0 bridgehead atoms. The Morgan fingerprint density at radius 1 is 1.10 bits per heavy atom. The quantitative estimate of drug-likeness (QED) is 0.841. The fourth-order valence-corrected chi connectivity index (χ4v) is 2.18. The van der Waals surface area contributed by atoms with E-state index in [1.807, 2.05) is 61.5 Å². The minimum atomic E-state index is -0.500. The fourth-order valence-electron chi connectivity index (χ4n) is 2.18. The van der Waals surface area contributed by atoms with Crippen molar-refractivity contribution in [3.05, 3.63) is 65.7 Å². The average Bonchev–Trinajstić information content (AvgIpc) is 2.49. The van der Waals surface area contributed by atoms with Crippen molar-refractivity contribution in [2.75, 3.05) is 7.05 Å². The van der Waals surface area contributed by atoms with Gasteiger partial charge in [-0.05, 0) is 31.0 Å². The number of nitrogens with zero attached hydrogens (tertiary/aromatic N) is 1. The first-order valence-corrected chi connectivity index (χ1v) is 7.09. The highest BCUT2D eigenvalue weighted by Gasteiger charge is 2.19. The maximum absolute atomic E-state index is 12.4. The summed E-state index contributed by atoms with van der Waals surface area (Å²) in [5.74, 6) is 0.730. The summed E-state index contributed by atoms with van der Waals surface area (Å²) < 4.78 is 5.77. The summed E-state index contributed by atoms with van der Waals surface area (Å²) in [4.78, 5) is 14.1. The molecule has 0 saturated heterocycles. The zero-order valence-corrected chi connectivity index (χ0v) is 12.7. The molecule has 0 spiro atoms. The van der Waals surface area contributed by atoms with Crippen molar-refractivity contribution in [2.24, 2.45) is 0 Å². The number of amides is 1. The molecule has 21 heavy (non-hydrogen) atoms. The monoisotopic (exact) mass is 283 g/mol. The van der Waals surface area contributed by atoms with E-state index in [0.29, 0.717) is 6.54 Å². The van der Waals surface area contributed by atoms with Crippen LogP contribution in [0.2, 0.25) is 0 Å². The van der Waals surface area contributed by atoms with E-state index in [-0.39, 0.29) is 5.91 Å². The second-order valence-corrected chi connectivity index (χ2v) is 5.21. The van der Waals surface area contributed by atoms with Crippen molar-refractivity contribution in [3.8, 4) is 5.75 Å². The SMILES string of the molecule is Cc1ccccc1O[C@@H](C)C(=O)N(C)Cc1ccccc1. The third-order valence-corrected chi connectivity index (χ3v) is 3.38. The summed E-state index contributed by atoms with van der Waals surface area (Å²) in [6.45, 7) is 4.34. The first-order valence-electron chi connectivity index (χ1n) is 7.09. The Labute approximate surface area is 126 Å². The number of carbonyl (C=O) groups is 1. The standard InChI is InChI=1S/C18H21NO2/c1-14-9-7-8-12-17(14)21-15(2)18(20)19(3)13-16-10-5-4-6-11-16/h4-12,15H,13H2,1-3H3/t15-/m0/s1. The van der Waals surface area contributed by atoms with Crippen LogP contribution in [0.5, 0.6) is 5.75 Å². The van der Waals surface area contributed by atoms with Gasteiger partial charge in [0.15, 0.2) is 6.10 Å². The molecule has 2 aromatic carbocycles. The van der Waals surface area contributed by atoms with Gasteiger partial charge in [0.25, 0.3) is 5.91 Å². The average molecular weight is 283 g/mol. The molecule has 3 heteroatoms. The Hall–Kier alpha value is -2.29. The Morgan fingerprint density at radius 2 is 1.71 bits per heavy atom. The molecule has 0 aliphatic carbocycles. The summed E-state index contributed by atoms with van der Waals surface area (Å²) in [5.41, 5.74) is 2.14. The van der Waals surface area contributed by atoms with Crippen LogP contribution in [-0.4, -0.2) is 24.0 Å². The Balaban J connectivity index is 1.97. The van der Waals surface area contributed by atoms with Gasteiger partial charge < -0.3 is 9.64 Å². The number of hydrogen-bond acceptors (Lipinski definition) is 2. The molecule has 0 radical (unpaired) electrons. The predicted octanol–water partition coefficient (Wildman–Crippen LogP) is 3.42. The number of benzene rings is 2. The van der Waals surface area contributed by atoms with Crippen LogP contribution < -0.4 is 4.74 Å². The zero-order valence-electron chi connectivity index (χ0n) is 12.7. The lowest BCUT2D eigenvalue weighted by Gasteiger charge is -2.22. The third kappa shape index (κ3) is 4.09. The van der Waals surface area contributed by atoms with Gasteiger partial charge in [-0.15, -0.1) is 0 Å². The van der Waals surface area contributed by atoms with E-state index in [1.165, 1.54) is 0 Å². The summed E-state index contributed by atoms with van der Waals surface area (Å²) in [6.07, 6.45) is -0.500. The fraction of sp³-hybridized carbons (Fsp3) is 0.278. The van der Waals surface area contributed by atoms with Crippen molar-refractivity contribution in [1.29, 1.82) is 0 Å². The molecule has 0 saturated carbocycles. The normalized spacial score (nSPS) is 11.8. The van der Waals surface area contributed by atoms with Gasteiger partial charge in [0.2, 0.25) is 0 Å². The zero-order chi connectivity index (χ0) is 15.2. The van der Waals surface area contributed by atoms with E-state index in [9.17, 15) is 4.79 Å². The summed E-state index contributed by atoms with van der Waals surface area (Å²) >= 11 is 0. The molecule has 1 amide bonds. The van der Waals surface area contributed by atoms with Crippen LogP contribution in [0.4, 0.5) is 0 Å². The van der Waals surface area contributed by atoms with Crippen LogP contribution in [-0.2, 0) is 11.3 Å². The number of likely N-dealkylation sites (N-methyl/N-ethyl adjacent to an activating group) is 1. The van der Waals surface area contributed by atoms with Crippen molar-refractivity contribution >= 4 is 5.91 Å². The lowest BCUT2D eigenvalue weighted by molar-refractivity contribution is -0.137. The second-order valence-electron chi connectivity index (χ2n) is 5.21. The maximum atomic E-state index is 12.4. The first kappa shape index (κ1) is 15.1. The molecule has 3 nitrogen and oxygen atoms in total. The van der Waals surface area contributed by atoms with E-state index in [2.05, 4.69) is 0 Å². The Bertz CT molecular complexity index is 595. The maximum Gasteiger partial charge on any atom is 0.263 e. The highest BCUT2D eigenvalue weighted by Crippen LogP contribution is 2.18. The summed E-state index contributed by atoms with van der Waals surface area (Å²) in [6, 6.07) is 17.7. The Morgan fingerprint density at radius 3 is 2.38 bits per heavy atom. The molecule has 0 aromatic heterocycles. The van der Waals surface area contributed by atoms with Gasteiger partial charge in [0, 0.05) is 13.6 Å². The topological polar surface area (TPSA) is 29.5 Å². The van der Waals surface area contributed by atoms with Crippen LogP contribution in [0.3, 0.4) is 0 Å². The van der Waals surface area contributed by atoms with Crippen LogP contribution in [0.15, 0.2) is 54.6 Å². The van der Waals surface area contributed by atoms with Crippen LogP contribution >= 0.6 is 0 Å². The molecule has 0 aliphatic rings. The number of hydrogen-bond donors (Lipinski definition) is 0. The minimum absolute atomic E-state index is 0.0258. The number of ether oxygens (including phenoxy) is 1. The highest BCUT2D eigenvalue weighted by atomic mass is 16.5. The minimum Gasteiger partial charge on any atom is -0.481 e. The van der Waals surface area contributed by atoms with Crippen molar-refractivity contribution in [3.63, 3.8) is 0 Å². The molecule has 2 rings (SSSR count). The Kier molecular flexibility index (Phi) is 4.99. The number of carbonyl (C=O) groups excluding carboxylic acids is 1. The van der Waals surface area contributed by atoms with Gasteiger partial charge in [-0.3, -0.25) is 4.79 Å². The molecule has 0 N–H and O–H groups in total. The van der Waals surface area contributed by atoms with E-state index in [4.69, 9.17) is 4.74 Å². The van der Waals surface area contributed by atoms with Gasteiger partial charge >= 0.3 is 0 Å². The lowest BCUT2D eigenvalue weighted by Crippen LogP contribution is -2.37. The van der Waals surface area contributed by atoms with E-state index in [0.717, 1.165) is 16.9 Å². The molecule has 0 unspecified atom stereocenters. The second kappa shape index (κ2) is 6.93. The van der Waals surface area contributed by atoms with E-state index < -0.39 is 6.10 Å². The number of aryl methyl sites for hydroxylation is 1. The van der Waals surface area contributed by atoms with E-state index in [1.54, 1.807) is 18.9 Å². The molecule has 0 fully saturated rings.